The van der Waals surface area contributed by atoms with Gasteiger partial charge in [0.2, 0.25) is 0 Å². The standard InChI is InChI=1S/C10H11N3O2/c1-4-7-5-6-8(11-2)10(13(14)15)9(7)12-3/h4-6,11H,1,3H2,2H3. The lowest BCUT2D eigenvalue weighted by Crippen LogP contribution is -1.97. The van der Waals surface area contributed by atoms with E-state index in [0.717, 1.165) is 0 Å². The molecule has 0 aliphatic heterocycles. The van der Waals surface area contributed by atoms with Crippen LogP contribution >= 0.6 is 0 Å². The number of hydrogen-bond acceptors (Lipinski definition) is 4. The molecule has 1 rings (SSSR count). The van der Waals surface area contributed by atoms with Crippen molar-refractivity contribution in [3.05, 3.63) is 34.4 Å². The van der Waals surface area contributed by atoms with Crippen molar-refractivity contribution in [2.75, 3.05) is 12.4 Å². The highest BCUT2D eigenvalue weighted by Gasteiger charge is 2.20. The molecule has 5 heteroatoms. The summed E-state index contributed by atoms with van der Waals surface area (Å²) < 4.78 is 0. The second-order valence-corrected chi connectivity index (χ2v) is 2.77. The summed E-state index contributed by atoms with van der Waals surface area (Å²) in [5.74, 6) is 0. The largest absolute Gasteiger partial charge is 0.382 e. The third-order valence-electron chi connectivity index (χ3n) is 2.01. The molecule has 0 aromatic heterocycles. The van der Waals surface area contributed by atoms with Crippen molar-refractivity contribution < 1.29 is 4.92 Å². The Hall–Kier alpha value is -2.17. The lowest BCUT2D eigenvalue weighted by molar-refractivity contribution is -0.383. The Kier molecular flexibility index (Phi) is 3.17. The summed E-state index contributed by atoms with van der Waals surface area (Å²) in [4.78, 5) is 14.1. The normalized spacial score (nSPS) is 9.40. The molecule has 1 aromatic carbocycles. The monoisotopic (exact) mass is 205 g/mol. The van der Waals surface area contributed by atoms with Crippen LogP contribution in [0.1, 0.15) is 5.56 Å². The second kappa shape index (κ2) is 4.36. The molecule has 0 aliphatic rings. The Morgan fingerprint density at radius 3 is 2.67 bits per heavy atom. The molecule has 0 saturated heterocycles. The van der Waals surface area contributed by atoms with Crippen LogP contribution in [0.2, 0.25) is 0 Å². The minimum Gasteiger partial charge on any atom is -0.382 e. The molecule has 0 heterocycles. The first-order chi connectivity index (χ1) is 7.15. The van der Waals surface area contributed by atoms with Crippen molar-refractivity contribution in [3.63, 3.8) is 0 Å². The predicted molar refractivity (Wildman–Crippen MR) is 61.9 cm³/mol. The summed E-state index contributed by atoms with van der Waals surface area (Å²) in [7, 11) is 1.61. The maximum Gasteiger partial charge on any atom is 0.318 e. The Labute approximate surface area is 87.3 Å². The molecule has 5 nitrogen and oxygen atoms in total. The Morgan fingerprint density at radius 2 is 2.27 bits per heavy atom. The van der Waals surface area contributed by atoms with Crippen molar-refractivity contribution in [1.29, 1.82) is 0 Å². The molecule has 78 valence electrons. The van der Waals surface area contributed by atoms with E-state index in [4.69, 9.17) is 0 Å². The number of anilines is 1. The van der Waals surface area contributed by atoms with Gasteiger partial charge in [0.25, 0.3) is 0 Å². The molecule has 0 unspecified atom stereocenters. The van der Waals surface area contributed by atoms with E-state index in [1.54, 1.807) is 19.2 Å². The number of nitrogens with one attached hydrogen (secondary N) is 1. The van der Waals surface area contributed by atoms with Crippen molar-refractivity contribution in [1.82, 2.24) is 0 Å². The zero-order chi connectivity index (χ0) is 11.4. The number of hydrogen-bond donors (Lipinski definition) is 1. The van der Waals surface area contributed by atoms with Crippen LogP contribution in [0.25, 0.3) is 6.08 Å². The van der Waals surface area contributed by atoms with Gasteiger partial charge in [0.15, 0.2) is 0 Å². The summed E-state index contributed by atoms with van der Waals surface area (Å²) >= 11 is 0. The fourth-order valence-corrected chi connectivity index (χ4v) is 1.31. The van der Waals surface area contributed by atoms with Gasteiger partial charge in [-0.3, -0.25) is 15.1 Å². The van der Waals surface area contributed by atoms with Crippen LogP contribution in [0, 0.1) is 10.1 Å². The van der Waals surface area contributed by atoms with Crippen LogP contribution in [-0.4, -0.2) is 18.7 Å². The maximum absolute atomic E-state index is 10.9. The van der Waals surface area contributed by atoms with E-state index in [9.17, 15) is 10.1 Å². The number of nitrogens with zero attached hydrogens (tertiary/aromatic N) is 2. The molecular weight excluding hydrogens is 194 g/mol. The van der Waals surface area contributed by atoms with Gasteiger partial charge in [-0.15, -0.1) is 0 Å². The molecule has 1 N–H and O–H groups in total. The Morgan fingerprint density at radius 1 is 1.60 bits per heavy atom. The number of nitro benzene ring substituents is 1. The Balaban J connectivity index is 3.58. The maximum atomic E-state index is 10.9. The highest BCUT2D eigenvalue weighted by Crippen LogP contribution is 2.38. The van der Waals surface area contributed by atoms with Gasteiger partial charge in [-0.1, -0.05) is 18.7 Å². The first kappa shape index (κ1) is 10.9. The molecule has 15 heavy (non-hydrogen) atoms. The van der Waals surface area contributed by atoms with Crippen LogP contribution in [-0.2, 0) is 0 Å². The van der Waals surface area contributed by atoms with Gasteiger partial charge < -0.3 is 5.32 Å². The third kappa shape index (κ3) is 1.85. The summed E-state index contributed by atoms with van der Waals surface area (Å²) in [5, 5.41) is 13.6. The van der Waals surface area contributed by atoms with Gasteiger partial charge in [0.05, 0.1) is 4.92 Å². The van der Waals surface area contributed by atoms with Gasteiger partial charge in [-0.2, -0.15) is 0 Å². The fourth-order valence-electron chi connectivity index (χ4n) is 1.31. The second-order valence-electron chi connectivity index (χ2n) is 2.77. The molecule has 0 bridgehead atoms. The molecule has 0 aliphatic carbocycles. The van der Waals surface area contributed by atoms with E-state index < -0.39 is 4.92 Å². The highest BCUT2D eigenvalue weighted by atomic mass is 16.6. The number of rotatable bonds is 4. The first-order valence-electron chi connectivity index (χ1n) is 4.24. The molecular formula is C10H11N3O2. The zero-order valence-electron chi connectivity index (χ0n) is 8.36. The zero-order valence-corrected chi connectivity index (χ0v) is 8.36. The van der Waals surface area contributed by atoms with Gasteiger partial charge in [0.1, 0.15) is 11.4 Å². The van der Waals surface area contributed by atoms with E-state index in [1.807, 2.05) is 0 Å². The first-order valence-corrected chi connectivity index (χ1v) is 4.24. The molecule has 0 spiro atoms. The van der Waals surface area contributed by atoms with E-state index in [0.29, 0.717) is 11.3 Å². The van der Waals surface area contributed by atoms with Crippen molar-refractivity contribution in [2.45, 2.75) is 0 Å². The van der Waals surface area contributed by atoms with Gasteiger partial charge in [-0.25, -0.2) is 0 Å². The molecule has 0 radical (unpaired) electrons. The smallest absolute Gasteiger partial charge is 0.318 e. The van der Waals surface area contributed by atoms with Crippen LogP contribution in [0.3, 0.4) is 0 Å². The van der Waals surface area contributed by atoms with Crippen LogP contribution in [0.4, 0.5) is 17.1 Å². The molecule has 0 atom stereocenters. The van der Waals surface area contributed by atoms with Crippen molar-refractivity contribution in [3.8, 4) is 0 Å². The lowest BCUT2D eigenvalue weighted by Gasteiger charge is -2.06. The highest BCUT2D eigenvalue weighted by molar-refractivity contribution is 5.82. The average Bonchev–Trinajstić information content (AvgIpc) is 2.26. The van der Waals surface area contributed by atoms with E-state index in [1.165, 1.54) is 6.08 Å². The number of benzene rings is 1. The topological polar surface area (TPSA) is 67.5 Å². The van der Waals surface area contributed by atoms with Gasteiger partial charge >= 0.3 is 5.69 Å². The van der Waals surface area contributed by atoms with Crippen LogP contribution < -0.4 is 5.32 Å². The minimum absolute atomic E-state index is 0.0788. The summed E-state index contributed by atoms with van der Waals surface area (Å²) in [5.41, 5.74) is 1.16. The lowest BCUT2D eigenvalue weighted by atomic mass is 10.1. The Bertz CT molecular complexity index is 427. The quantitative estimate of drug-likeness (QED) is 0.466. The van der Waals surface area contributed by atoms with E-state index >= 15 is 0 Å². The van der Waals surface area contributed by atoms with Crippen LogP contribution in [0.5, 0.6) is 0 Å². The van der Waals surface area contributed by atoms with Crippen molar-refractivity contribution >= 4 is 29.9 Å². The third-order valence-corrected chi connectivity index (χ3v) is 2.01. The van der Waals surface area contributed by atoms with E-state index in [-0.39, 0.29) is 11.4 Å². The fraction of sp³-hybridized carbons (Fsp3) is 0.100. The summed E-state index contributed by atoms with van der Waals surface area (Å²) in [6.45, 7) is 6.89. The SMILES string of the molecule is C=Cc1ccc(NC)c([N+](=O)[O-])c1N=C. The number of aliphatic imine (C=N–C) groups is 1. The molecule has 1 aromatic rings. The van der Waals surface area contributed by atoms with Gasteiger partial charge in [-0.05, 0) is 12.8 Å². The molecule has 0 amide bonds. The summed E-state index contributed by atoms with van der Waals surface area (Å²) in [6.07, 6.45) is 1.51. The summed E-state index contributed by atoms with van der Waals surface area (Å²) in [6, 6.07) is 3.32. The number of nitro groups is 1. The minimum atomic E-state index is -0.483. The average molecular weight is 205 g/mol. The van der Waals surface area contributed by atoms with Crippen molar-refractivity contribution in [2.24, 2.45) is 4.99 Å². The van der Waals surface area contributed by atoms with Gasteiger partial charge in [0, 0.05) is 12.6 Å². The van der Waals surface area contributed by atoms with Crippen LogP contribution in [0.15, 0.2) is 23.7 Å². The molecule has 0 saturated carbocycles. The van der Waals surface area contributed by atoms with E-state index in [2.05, 4.69) is 23.6 Å². The molecule has 0 fully saturated rings. The predicted octanol–water partition coefficient (Wildman–Crippen LogP) is 2.61.